The van der Waals surface area contributed by atoms with Gasteiger partial charge in [-0.2, -0.15) is 5.10 Å². The van der Waals surface area contributed by atoms with Gasteiger partial charge in [0.1, 0.15) is 0 Å². The van der Waals surface area contributed by atoms with E-state index in [1.54, 1.807) is 0 Å². The Labute approximate surface area is 90.4 Å². The summed E-state index contributed by atoms with van der Waals surface area (Å²) in [5.41, 5.74) is 9.41. The van der Waals surface area contributed by atoms with Crippen molar-refractivity contribution in [2.24, 2.45) is 12.8 Å². The van der Waals surface area contributed by atoms with Crippen LogP contribution in [0, 0.1) is 6.92 Å². The van der Waals surface area contributed by atoms with Crippen LogP contribution in [-0.2, 0) is 18.3 Å². The predicted molar refractivity (Wildman–Crippen MR) is 58.6 cm³/mol. The second-order valence-corrected chi connectivity index (χ2v) is 4.16. The molecule has 15 heavy (non-hydrogen) atoms. The lowest BCUT2D eigenvalue weighted by Crippen LogP contribution is -2.16. The first-order chi connectivity index (χ1) is 7.24. The molecular weight excluding hydrogens is 190 g/mol. The molecule has 1 aromatic heterocycles. The molecule has 0 aliphatic carbocycles. The highest BCUT2D eigenvalue weighted by Gasteiger charge is 2.23. The second-order valence-electron chi connectivity index (χ2n) is 4.16. The molecule has 4 nitrogen and oxygen atoms in total. The Bertz CT molecular complexity index is 340. The topological polar surface area (TPSA) is 53.1 Å². The average molecular weight is 209 g/mol. The van der Waals surface area contributed by atoms with E-state index in [-0.39, 0.29) is 0 Å². The first-order valence-electron chi connectivity index (χ1n) is 5.54. The second kappa shape index (κ2) is 4.33. The lowest BCUT2D eigenvalue weighted by atomic mass is 9.90. The van der Waals surface area contributed by atoms with Crippen molar-refractivity contribution in [3.05, 3.63) is 17.0 Å². The molecule has 4 heteroatoms. The Morgan fingerprint density at radius 3 is 2.73 bits per heavy atom. The van der Waals surface area contributed by atoms with E-state index in [4.69, 9.17) is 10.5 Å². The van der Waals surface area contributed by atoms with E-state index in [0.717, 1.165) is 31.7 Å². The van der Waals surface area contributed by atoms with Crippen molar-refractivity contribution in [1.29, 1.82) is 0 Å². The number of nitrogens with two attached hydrogens (primary N) is 1. The number of aryl methyl sites for hydroxylation is 1. The summed E-state index contributed by atoms with van der Waals surface area (Å²) in [6.45, 7) is 4.39. The molecule has 2 rings (SSSR count). The third-order valence-electron chi connectivity index (χ3n) is 3.28. The molecule has 1 aliphatic heterocycles. The Balaban J connectivity index is 2.31. The number of hydrogen-bond donors (Lipinski definition) is 1. The van der Waals surface area contributed by atoms with Gasteiger partial charge in [-0.1, -0.05) is 0 Å². The van der Waals surface area contributed by atoms with Crippen LogP contribution >= 0.6 is 0 Å². The molecule has 0 amide bonds. The molecule has 0 spiro atoms. The molecule has 1 saturated heterocycles. The minimum atomic E-state index is 0.536. The van der Waals surface area contributed by atoms with Crippen molar-refractivity contribution in [1.82, 2.24) is 9.78 Å². The van der Waals surface area contributed by atoms with Crippen molar-refractivity contribution < 1.29 is 4.74 Å². The number of hydrogen-bond acceptors (Lipinski definition) is 3. The molecule has 84 valence electrons. The molecule has 1 aromatic rings. The zero-order valence-corrected chi connectivity index (χ0v) is 9.49. The smallest absolute Gasteiger partial charge is 0.0797 e. The van der Waals surface area contributed by atoms with E-state index in [2.05, 4.69) is 12.0 Å². The fourth-order valence-electron chi connectivity index (χ4n) is 2.36. The first-order valence-corrected chi connectivity index (χ1v) is 5.54. The number of rotatable bonds is 2. The van der Waals surface area contributed by atoms with Gasteiger partial charge in [-0.15, -0.1) is 0 Å². The van der Waals surface area contributed by atoms with E-state index < -0.39 is 0 Å². The average Bonchev–Trinajstić information content (AvgIpc) is 2.56. The third-order valence-corrected chi connectivity index (χ3v) is 3.28. The molecule has 2 N–H and O–H groups in total. The van der Waals surface area contributed by atoms with Gasteiger partial charge in [-0.05, 0) is 25.7 Å². The largest absolute Gasteiger partial charge is 0.381 e. The Kier molecular flexibility index (Phi) is 3.07. The molecule has 0 bridgehead atoms. The zero-order chi connectivity index (χ0) is 10.8. The summed E-state index contributed by atoms with van der Waals surface area (Å²) in [5, 5.41) is 4.45. The molecule has 0 aromatic carbocycles. The van der Waals surface area contributed by atoms with Gasteiger partial charge in [-0.25, -0.2) is 0 Å². The molecule has 2 heterocycles. The first kappa shape index (κ1) is 10.6. The van der Waals surface area contributed by atoms with E-state index in [1.807, 2.05) is 11.7 Å². The van der Waals surface area contributed by atoms with Gasteiger partial charge >= 0.3 is 0 Å². The summed E-state index contributed by atoms with van der Waals surface area (Å²) >= 11 is 0. The monoisotopic (exact) mass is 209 g/mol. The molecular formula is C11H19N3O. The zero-order valence-electron chi connectivity index (χ0n) is 9.49. The molecule has 0 radical (unpaired) electrons. The SMILES string of the molecule is Cc1c(C2CCOCC2)c(CN)nn1C. The van der Waals surface area contributed by atoms with E-state index >= 15 is 0 Å². The van der Waals surface area contributed by atoms with Crippen LogP contribution in [0.1, 0.15) is 35.7 Å². The molecule has 1 aliphatic rings. The minimum absolute atomic E-state index is 0.536. The lowest BCUT2D eigenvalue weighted by molar-refractivity contribution is 0.0850. The summed E-state index contributed by atoms with van der Waals surface area (Å²) in [4.78, 5) is 0. The van der Waals surface area contributed by atoms with Crippen LogP contribution in [0.2, 0.25) is 0 Å². The summed E-state index contributed by atoms with van der Waals surface area (Å²) in [6.07, 6.45) is 2.19. The van der Waals surface area contributed by atoms with Gasteiger partial charge < -0.3 is 10.5 Å². The van der Waals surface area contributed by atoms with Crippen LogP contribution in [0.25, 0.3) is 0 Å². The quantitative estimate of drug-likeness (QED) is 0.793. The molecule has 0 saturated carbocycles. The van der Waals surface area contributed by atoms with Crippen LogP contribution in [0.5, 0.6) is 0 Å². The van der Waals surface area contributed by atoms with Crippen LogP contribution in [0.4, 0.5) is 0 Å². The van der Waals surface area contributed by atoms with Crippen LogP contribution < -0.4 is 5.73 Å². The fraction of sp³-hybridized carbons (Fsp3) is 0.727. The number of nitrogens with zero attached hydrogens (tertiary/aromatic N) is 2. The van der Waals surface area contributed by atoms with Crippen molar-refractivity contribution >= 4 is 0 Å². The van der Waals surface area contributed by atoms with Gasteiger partial charge in [-0.3, -0.25) is 4.68 Å². The highest BCUT2D eigenvalue weighted by molar-refractivity contribution is 5.29. The Hall–Kier alpha value is -0.870. The fourth-order valence-corrected chi connectivity index (χ4v) is 2.36. The maximum Gasteiger partial charge on any atom is 0.0797 e. The van der Waals surface area contributed by atoms with Gasteiger partial charge in [0.2, 0.25) is 0 Å². The summed E-state index contributed by atoms with van der Waals surface area (Å²) in [6, 6.07) is 0. The summed E-state index contributed by atoms with van der Waals surface area (Å²) in [5.74, 6) is 0.589. The van der Waals surface area contributed by atoms with Crippen molar-refractivity contribution in [3.63, 3.8) is 0 Å². The Morgan fingerprint density at radius 1 is 1.47 bits per heavy atom. The minimum Gasteiger partial charge on any atom is -0.381 e. The number of ether oxygens (including phenoxy) is 1. The predicted octanol–water partition coefficient (Wildman–Crippen LogP) is 1.08. The third kappa shape index (κ3) is 1.92. The normalized spacial score (nSPS) is 18.3. The molecule has 0 unspecified atom stereocenters. The van der Waals surface area contributed by atoms with E-state index in [9.17, 15) is 0 Å². The van der Waals surface area contributed by atoms with Gasteiger partial charge in [0.05, 0.1) is 5.69 Å². The summed E-state index contributed by atoms with van der Waals surface area (Å²) in [7, 11) is 1.98. The van der Waals surface area contributed by atoms with E-state index in [1.165, 1.54) is 11.3 Å². The van der Waals surface area contributed by atoms with Gasteiger partial charge in [0.25, 0.3) is 0 Å². The Morgan fingerprint density at radius 2 is 2.13 bits per heavy atom. The molecule has 0 atom stereocenters. The van der Waals surface area contributed by atoms with Crippen molar-refractivity contribution in [2.75, 3.05) is 13.2 Å². The maximum atomic E-state index is 5.73. The molecule has 1 fully saturated rings. The standard InChI is InChI=1S/C11H19N3O/c1-8-11(9-3-5-15-6-4-9)10(7-12)13-14(8)2/h9H,3-7,12H2,1-2H3. The highest BCUT2D eigenvalue weighted by Crippen LogP contribution is 2.31. The van der Waals surface area contributed by atoms with Crippen LogP contribution in [-0.4, -0.2) is 23.0 Å². The van der Waals surface area contributed by atoms with Crippen LogP contribution in [0.3, 0.4) is 0 Å². The van der Waals surface area contributed by atoms with Gasteiger partial charge in [0.15, 0.2) is 0 Å². The summed E-state index contributed by atoms with van der Waals surface area (Å²) < 4.78 is 7.32. The van der Waals surface area contributed by atoms with Gasteiger partial charge in [0, 0.05) is 38.1 Å². The van der Waals surface area contributed by atoms with Crippen LogP contribution in [0.15, 0.2) is 0 Å². The van der Waals surface area contributed by atoms with Crippen molar-refractivity contribution in [3.8, 4) is 0 Å². The van der Waals surface area contributed by atoms with E-state index in [0.29, 0.717) is 12.5 Å². The maximum absolute atomic E-state index is 5.73. The number of aromatic nitrogens is 2. The lowest BCUT2D eigenvalue weighted by Gasteiger charge is -2.22. The highest BCUT2D eigenvalue weighted by atomic mass is 16.5. The van der Waals surface area contributed by atoms with Crippen molar-refractivity contribution in [2.45, 2.75) is 32.2 Å².